The van der Waals surface area contributed by atoms with Crippen LogP contribution in [0.5, 0.6) is 0 Å². The maximum Gasteiger partial charge on any atom is 0.145 e. The van der Waals surface area contributed by atoms with E-state index in [0.29, 0.717) is 16.5 Å². The van der Waals surface area contributed by atoms with E-state index in [1.165, 1.54) is 5.56 Å². The third kappa shape index (κ3) is 3.09. The predicted molar refractivity (Wildman–Crippen MR) is 89.1 cm³/mol. The third-order valence-corrected chi connectivity index (χ3v) is 4.56. The van der Waals surface area contributed by atoms with Crippen molar-refractivity contribution < 1.29 is 4.39 Å². The summed E-state index contributed by atoms with van der Waals surface area (Å²) in [5, 5.41) is 0.793. The van der Waals surface area contributed by atoms with Crippen molar-refractivity contribution in [1.82, 2.24) is 0 Å². The van der Waals surface area contributed by atoms with Crippen LogP contribution < -0.4 is 0 Å². The zero-order valence-corrected chi connectivity index (χ0v) is 14.2. The zero-order valence-electron chi connectivity index (χ0n) is 12.7. The highest BCUT2D eigenvalue weighted by molar-refractivity contribution is 6.31. The molecule has 21 heavy (non-hydrogen) atoms. The van der Waals surface area contributed by atoms with Gasteiger partial charge in [0.2, 0.25) is 0 Å². The summed E-state index contributed by atoms with van der Waals surface area (Å²) in [5.41, 5.74) is 2.07. The van der Waals surface area contributed by atoms with Gasteiger partial charge >= 0.3 is 0 Å². The summed E-state index contributed by atoms with van der Waals surface area (Å²) < 4.78 is 14.3. The van der Waals surface area contributed by atoms with Gasteiger partial charge in [0.05, 0.1) is 5.02 Å². The normalized spacial score (nSPS) is 12.0. The number of rotatable bonds is 3. The second-order valence-corrected chi connectivity index (χ2v) is 6.93. The van der Waals surface area contributed by atoms with Crippen LogP contribution in [0, 0.1) is 5.82 Å². The Hall–Kier alpha value is -1.05. The fourth-order valence-electron chi connectivity index (χ4n) is 2.53. The maximum absolute atomic E-state index is 14.3. The summed E-state index contributed by atoms with van der Waals surface area (Å²) in [5.74, 6) is 0.0238. The van der Waals surface area contributed by atoms with Gasteiger partial charge in [-0.25, -0.2) is 4.39 Å². The average Bonchev–Trinajstić information content (AvgIpc) is 2.41. The van der Waals surface area contributed by atoms with E-state index in [1.54, 1.807) is 18.2 Å². The van der Waals surface area contributed by atoms with Gasteiger partial charge in [-0.05, 0) is 34.7 Å². The van der Waals surface area contributed by atoms with Gasteiger partial charge in [-0.15, -0.1) is 0 Å². The molecule has 0 radical (unpaired) electrons. The highest BCUT2D eigenvalue weighted by atomic mass is 35.5. The van der Waals surface area contributed by atoms with E-state index in [1.807, 2.05) is 26.0 Å². The maximum atomic E-state index is 14.3. The van der Waals surface area contributed by atoms with Crippen LogP contribution in [-0.2, 0) is 5.41 Å². The van der Waals surface area contributed by atoms with Crippen molar-refractivity contribution in [2.45, 2.75) is 39.0 Å². The first kappa shape index (κ1) is 16.3. The number of benzene rings is 2. The van der Waals surface area contributed by atoms with Crippen LogP contribution >= 0.6 is 23.2 Å². The second-order valence-electron chi connectivity index (χ2n) is 6.12. The molecule has 0 amide bonds. The highest BCUT2D eigenvalue weighted by Crippen LogP contribution is 2.39. The minimum absolute atomic E-state index is 0.135. The van der Waals surface area contributed by atoms with E-state index in [4.69, 9.17) is 23.2 Å². The van der Waals surface area contributed by atoms with Crippen LogP contribution in [0.15, 0.2) is 36.4 Å². The molecular weight excluding hydrogens is 306 g/mol. The largest absolute Gasteiger partial charge is 0.205 e. The van der Waals surface area contributed by atoms with Crippen molar-refractivity contribution in [2.75, 3.05) is 0 Å². The molecule has 2 rings (SSSR count). The number of hydrogen-bond donors (Lipinski definition) is 0. The molecule has 0 unspecified atom stereocenters. The first-order valence-corrected chi connectivity index (χ1v) is 7.75. The molecule has 112 valence electrons. The van der Waals surface area contributed by atoms with Gasteiger partial charge in [0.25, 0.3) is 0 Å². The van der Waals surface area contributed by atoms with Gasteiger partial charge in [0.15, 0.2) is 0 Å². The first-order valence-electron chi connectivity index (χ1n) is 6.99. The minimum atomic E-state index is -0.554. The van der Waals surface area contributed by atoms with Crippen molar-refractivity contribution in [3.05, 3.63) is 69.0 Å². The monoisotopic (exact) mass is 324 g/mol. The van der Waals surface area contributed by atoms with E-state index in [-0.39, 0.29) is 10.8 Å². The Morgan fingerprint density at radius 2 is 1.62 bits per heavy atom. The van der Waals surface area contributed by atoms with Gasteiger partial charge < -0.3 is 0 Å². The lowest BCUT2D eigenvalue weighted by Crippen LogP contribution is -2.21. The van der Waals surface area contributed by atoms with Gasteiger partial charge in [-0.1, -0.05) is 75.2 Å². The molecule has 0 saturated heterocycles. The fourth-order valence-corrected chi connectivity index (χ4v) is 3.13. The van der Waals surface area contributed by atoms with Crippen molar-refractivity contribution in [3.63, 3.8) is 0 Å². The first-order chi connectivity index (χ1) is 9.75. The molecule has 0 heterocycles. The smallest absolute Gasteiger partial charge is 0.145 e. The molecule has 0 aliphatic rings. The standard InChI is InChI=1S/C18H19Cl2F/c1-11(2)12-8-9-13(16(20)10-12)18(3,4)14-6-5-7-15(19)17(14)21/h5-11H,1-4H3. The molecule has 0 N–H and O–H groups in total. The van der Waals surface area contributed by atoms with Crippen LogP contribution in [0.1, 0.15) is 50.3 Å². The van der Waals surface area contributed by atoms with Crippen LogP contribution in [-0.4, -0.2) is 0 Å². The second kappa shape index (κ2) is 5.98. The zero-order chi connectivity index (χ0) is 15.8. The van der Waals surface area contributed by atoms with Gasteiger partial charge in [0.1, 0.15) is 5.82 Å². The van der Waals surface area contributed by atoms with Crippen molar-refractivity contribution in [1.29, 1.82) is 0 Å². The van der Waals surface area contributed by atoms with Crippen molar-refractivity contribution in [3.8, 4) is 0 Å². The average molecular weight is 325 g/mol. The number of halogens is 3. The number of hydrogen-bond acceptors (Lipinski definition) is 0. The Labute approximate surface area is 135 Å². The topological polar surface area (TPSA) is 0 Å². The van der Waals surface area contributed by atoms with Crippen LogP contribution in [0.2, 0.25) is 10.0 Å². The molecule has 0 spiro atoms. The summed E-state index contributed by atoms with van der Waals surface area (Å²) >= 11 is 12.4. The van der Waals surface area contributed by atoms with Crippen molar-refractivity contribution >= 4 is 23.2 Å². The quantitative estimate of drug-likeness (QED) is 0.598. The molecule has 0 aliphatic carbocycles. The molecule has 0 aliphatic heterocycles. The Morgan fingerprint density at radius 3 is 2.19 bits per heavy atom. The Kier molecular flexibility index (Phi) is 4.65. The summed E-state index contributed by atoms with van der Waals surface area (Å²) in [4.78, 5) is 0. The van der Waals surface area contributed by atoms with Crippen LogP contribution in [0.4, 0.5) is 4.39 Å². The minimum Gasteiger partial charge on any atom is -0.205 e. The predicted octanol–water partition coefficient (Wildman–Crippen LogP) is 6.58. The van der Waals surface area contributed by atoms with Crippen LogP contribution in [0.25, 0.3) is 0 Å². The molecule has 2 aromatic rings. The molecule has 0 fully saturated rings. The van der Waals surface area contributed by atoms with Crippen LogP contribution in [0.3, 0.4) is 0 Å². The Bertz CT molecular complexity index is 660. The van der Waals surface area contributed by atoms with Gasteiger partial charge in [-0.2, -0.15) is 0 Å². The fraction of sp³-hybridized carbons (Fsp3) is 0.333. The third-order valence-electron chi connectivity index (χ3n) is 3.96. The molecule has 0 atom stereocenters. The Balaban J connectivity index is 2.56. The molecular formula is C18H19Cl2F. The van der Waals surface area contributed by atoms with Crippen molar-refractivity contribution in [2.24, 2.45) is 0 Å². The van der Waals surface area contributed by atoms with Gasteiger partial charge in [0, 0.05) is 10.4 Å². The summed E-state index contributed by atoms with van der Waals surface area (Å²) in [6.07, 6.45) is 0. The lowest BCUT2D eigenvalue weighted by molar-refractivity contribution is 0.548. The van der Waals surface area contributed by atoms with E-state index >= 15 is 0 Å². The highest BCUT2D eigenvalue weighted by Gasteiger charge is 2.29. The van der Waals surface area contributed by atoms with E-state index < -0.39 is 5.41 Å². The summed E-state index contributed by atoms with van der Waals surface area (Å²) in [6.45, 7) is 8.15. The molecule has 0 nitrogen and oxygen atoms in total. The SMILES string of the molecule is CC(C)c1ccc(C(C)(C)c2cccc(Cl)c2F)c(Cl)c1. The Morgan fingerprint density at radius 1 is 0.952 bits per heavy atom. The summed E-state index contributed by atoms with van der Waals surface area (Å²) in [6, 6.07) is 11.1. The lowest BCUT2D eigenvalue weighted by Gasteiger charge is -2.28. The molecule has 2 aromatic carbocycles. The molecule has 0 saturated carbocycles. The molecule has 0 aromatic heterocycles. The van der Waals surface area contributed by atoms with Gasteiger partial charge in [-0.3, -0.25) is 0 Å². The summed E-state index contributed by atoms with van der Waals surface area (Å²) in [7, 11) is 0. The molecule has 3 heteroatoms. The van der Waals surface area contributed by atoms with E-state index in [0.717, 1.165) is 5.56 Å². The van der Waals surface area contributed by atoms with E-state index in [2.05, 4.69) is 19.9 Å². The molecule has 0 bridgehead atoms. The lowest BCUT2D eigenvalue weighted by atomic mass is 9.77. The van der Waals surface area contributed by atoms with E-state index in [9.17, 15) is 4.39 Å².